The standard InChI is InChI=1S/C6H10O3.C5H8O2/c1-5(6(8)9)3-2-4-7;1-4(2)5(6)7-3/h7H,1-4H2,(H,8,9);1H2,2-3H3. The van der Waals surface area contributed by atoms with Crippen molar-refractivity contribution < 1.29 is 24.5 Å². The van der Waals surface area contributed by atoms with Crippen molar-refractivity contribution in [2.45, 2.75) is 19.8 Å². The molecule has 5 heteroatoms. The molecule has 16 heavy (non-hydrogen) atoms. The lowest BCUT2D eigenvalue weighted by molar-refractivity contribution is -0.136. The smallest absolute Gasteiger partial charge is 0.332 e. The van der Waals surface area contributed by atoms with Gasteiger partial charge in [0, 0.05) is 17.8 Å². The van der Waals surface area contributed by atoms with Crippen molar-refractivity contribution in [2.24, 2.45) is 0 Å². The van der Waals surface area contributed by atoms with Crippen molar-refractivity contribution in [3.05, 3.63) is 24.3 Å². The van der Waals surface area contributed by atoms with E-state index in [1.807, 2.05) is 0 Å². The van der Waals surface area contributed by atoms with E-state index in [2.05, 4.69) is 17.9 Å². The van der Waals surface area contributed by atoms with Crippen LogP contribution in [0.1, 0.15) is 19.8 Å². The lowest BCUT2D eigenvalue weighted by Gasteiger charge is -1.94. The average Bonchev–Trinajstić information content (AvgIpc) is 2.25. The van der Waals surface area contributed by atoms with E-state index in [1.54, 1.807) is 6.92 Å². The van der Waals surface area contributed by atoms with Gasteiger partial charge >= 0.3 is 11.9 Å². The van der Waals surface area contributed by atoms with Crippen LogP contribution >= 0.6 is 0 Å². The molecule has 0 atom stereocenters. The first-order valence-electron chi connectivity index (χ1n) is 4.62. The maximum Gasteiger partial charge on any atom is 0.332 e. The number of aliphatic hydroxyl groups is 1. The number of hydrogen-bond donors (Lipinski definition) is 2. The Morgan fingerprint density at radius 1 is 1.31 bits per heavy atom. The van der Waals surface area contributed by atoms with Crippen molar-refractivity contribution in [3.8, 4) is 0 Å². The predicted molar refractivity (Wildman–Crippen MR) is 59.9 cm³/mol. The van der Waals surface area contributed by atoms with Crippen LogP contribution in [0.4, 0.5) is 0 Å². The molecule has 0 amide bonds. The molecule has 0 radical (unpaired) electrons. The lowest BCUT2D eigenvalue weighted by Crippen LogP contribution is -1.99. The van der Waals surface area contributed by atoms with Gasteiger partial charge in [0.25, 0.3) is 0 Å². The first-order valence-corrected chi connectivity index (χ1v) is 4.62. The quantitative estimate of drug-likeness (QED) is 0.546. The summed E-state index contributed by atoms with van der Waals surface area (Å²) in [5, 5.41) is 16.5. The zero-order valence-electron chi connectivity index (χ0n) is 9.65. The van der Waals surface area contributed by atoms with E-state index in [9.17, 15) is 9.59 Å². The number of aliphatic carboxylic acids is 1. The first-order chi connectivity index (χ1) is 7.36. The van der Waals surface area contributed by atoms with Crippen LogP contribution < -0.4 is 0 Å². The molecule has 0 bridgehead atoms. The number of ether oxygens (including phenoxy) is 1. The van der Waals surface area contributed by atoms with Crippen molar-refractivity contribution in [1.29, 1.82) is 0 Å². The molecule has 0 saturated carbocycles. The fraction of sp³-hybridized carbons (Fsp3) is 0.455. The molecule has 0 aromatic heterocycles. The van der Waals surface area contributed by atoms with Crippen LogP contribution in [0.2, 0.25) is 0 Å². The van der Waals surface area contributed by atoms with Crippen molar-refractivity contribution >= 4 is 11.9 Å². The van der Waals surface area contributed by atoms with E-state index in [-0.39, 0.29) is 18.1 Å². The van der Waals surface area contributed by atoms with Gasteiger partial charge in [0.1, 0.15) is 0 Å². The van der Waals surface area contributed by atoms with Crippen LogP contribution in [-0.4, -0.2) is 35.9 Å². The summed E-state index contributed by atoms with van der Waals surface area (Å²) in [6, 6.07) is 0. The number of methoxy groups -OCH3 is 1. The third-order valence-corrected chi connectivity index (χ3v) is 1.47. The van der Waals surface area contributed by atoms with Gasteiger partial charge in [0.2, 0.25) is 0 Å². The van der Waals surface area contributed by atoms with Gasteiger partial charge < -0.3 is 14.9 Å². The maximum absolute atomic E-state index is 10.2. The van der Waals surface area contributed by atoms with Crippen LogP contribution in [0.5, 0.6) is 0 Å². The Morgan fingerprint density at radius 2 is 1.81 bits per heavy atom. The molecule has 0 spiro atoms. The van der Waals surface area contributed by atoms with Crippen molar-refractivity contribution in [1.82, 2.24) is 0 Å². The Labute approximate surface area is 95.0 Å². The summed E-state index contributed by atoms with van der Waals surface area (Å²) in [4.78, 5) is 20.2. The highest BCUT2D eigenvalue weighted by atomic mass is 16.5. The zero-order valence-corrected chi connectivity index (χ0v) is 9.65. The number of esters is 1. The highest BCUT2D eigenvalue weighted by molar-refractivity contribution is 5.86. The summed E-state index contributed by atoms with van der Waals surface area (Å²) in [6.45, 7) is 8.26. The van der Waals surface area contributed by atoms with Crippen LogP contribution in [0.15, 0.2) is 24.3 Å². The van der Waals surface area contributed by atoms with Gasteiger partial charge in [0.05, 0.1) is 7.11 Å². The molecule has 0 aliphatic rings. The number of carbonyl (C=O) groups excluding carboxylic acids is 1. The summed E-state index contributed by atoms with van der Waals surface area (Å²) in [5.41, 5.74) is 0.589. The van der Waals surface area contributed by atoms with Crippen LogP contribution in [0.3, 0.4) is 0 Å². The van der Waals surface area contributed by atoms with Gasteiger partial charge in [-0.2, -0.15) is 0 Å². The average molecular weight is 230 g/mol. The van der Waals surface area contributed by atoms with E-state index in [4.69, 9.17) is 10.2 Å². The molecule has 0 fully saturated rings. The highest BCUT2D eigenvalue weighted by Gasteiger charge is 2.01. The molecule has 0 aromatic rings. The molecule has 2 N–H and O–H groups in total. The third kappa shape index (κ3) is 10.5. The molecule has 92 valence electrons. The van der Waals surface area contributed by atoms with E-state index >= 15 is 0 Å². The third-order valence-electron chi connectivity index (χ3n) is 1.47. The molecule has 0 aromatic carbocycles. The first kappa shape index (κ1) is 16.8. The maximum atomic E-state index is 10.2. The number of carboxylic acids is 1. The lowest BCUT2D eigenvalue weighted by atomic mass is 10.2. The van der Waals surface area contributed by atoms with Gasteiger partial charge in [-0.25, -0.2) is 9.59 Å². The number of hydrogen-bond acceptors (Lipinski definition) is 4. The molecule has 0 unspecified atom stereocenters. The summed E-state index contributed by atoms with van der Waals surface area (Å²) < 4.78 is 4.27. The van der Waals surface area contributed by atoms with Crippen molar-refractivity contribution in [2.75, 3.05) is 13.7 Å². The summed E-state index contributed by atoms with van der Waals surface area (Å²) in [6.07, 6.45) is 0.844. The topological polar surface area (TPSA) is 83.8 Å². The summed E-state index contributed by atoms with van der Waals surface area (Å²) >= 11 is 0. The van der Waals surface area contributed by atoms with Crippen LogP contribution in [-0.2, 0) is 14.3 Å². The van der Waals surface area contributed by atoms with E-state index in [0.29, 0.717) is 18.4 Å². The van der Waals surface area contributed by atoms with Gasteiger partial charge in [-0.15, -0.1) is 0 Å². The minimum Gasteiger partial charge on any atom is -0.478 e. The molecule has 0 aliphatic heterocycles. The Hall–Kier alpha value is -1.62. The number of aliphatic hydroxyl groups excluding tert-OH is 1. The normalized spacial score (nSPS) is 8.44. The molecule has 0 heterocycles. The fourth-order valence-corrected chi connectivity index (χ4v) is 0.574. The molecular formula is C11H18O5. The minimum absolute atomic E-state index is 0.0201. The summed E-state index contributed by atoms with van der Waals surface area (Å²) in [7, 11) is 1.33. The van der Waals surface area contributed by atoms with Crippen LogP contribution in [0.25, 0.3) is 0 Å². The molecular weight excluding hydrogens is 212 g/mol. The molecule has 5 nitrogen and oxygen atoms in total. The van der Waals surface area contributed by atoms with Gasteiger partial charge in [0.15, 0.2) is 0 Å². The zero-order chi connectivity index (χ0) is 13.1. The van der Waals surface area contributed by atoms with Gasteiger partial charge in [-0.1, -0.05) is 13.2 Å². The number of carboxylic acid groups (broad SMARTS) is 1. The largest absolute Gasteiger partial charge is 0.478 e. The molecule has 0 aliphatic carbocycles. The Bertz CT molecular complexity index is 268. The Balaban J connectivity index is 0. The van der Waals surface area contributed by atoms with E-state index in [1.165, 1.54) is 7.11 Å². The highest BCUT2D eigenvalue weighted by Crippen LogP contribution is 2.00. The van der Waals surface area contributed by atoms with Crippen molar-refractivity contribution in [3.63, 3.8) is 0 Å². The molecule has 0 rings (SSSR count). The number of carbonyl (C=O) groups is 2. The Kier molecular flexibility index (Phi) is 10.4. The predicted octanol–water partition coefficient (Wildman–Crippen LogP) is 1.14. The van der Waals surface area contributed by atoms with Gasteiger partial charge in [-0.3, -0.25) is 0 Å². The minimum atomic E-state index is -0.983. The SMILES string of the molecule is C=C(C)C(=O)OC.C=C(CCCO)C(=O)O. The monoisotopic (exact) mass is 230 g/mol. The Morgan fingerprint density at radius 3 is 2.00 bits per heavy atom. The van der Waals surface area contributed by atoms with Crippen LogP contribution in [0, 0.1) is 0 Å². The van der Waals surface area contributed by atoms with E-state index in [0.717, 1.165) is 0 Å². The second kappa shape index (κ2) is 9.92. The van der Waals surface area contributed by atoms with Gasteiger partial charge in [-0.05, 0) is 19.8 Å². The number of rotatable bonds is 5. The second-order valence-corrected chi connectivity index (χ2v) is 3.01. The second-order valence-electron chi connectivity index (χ2n) is 3.01. The summed E-state index contributed by atoms with van der Waals surface area (Å²) in [5.74, 6) is -1.33. The fourth-order valence-electron chi connectivity index (χ4n) is 0.574. The molecule has 0 saturated heterocycles. The van der Waals surface area contributed by atoms with E-state index < -0.39 is 5.97 Å².